The molecule has 5 N–H and O–H groups in total. The molecule has 0 aromatic rings. The summed E-state index contributed by atoms with van der Waals surface area (Å²) in [7, 11) is 0. The number of amides is 1. The number of nitrogens with one attached hydrogen (secondary N) is 1. The molecule has 0 fully saturated rings. The first-order chi connectivity index (χ1) is 6.84. The van der Waals surface area contributed by atoms with Crippen LogP contribution in [0.2, 0.25) is 0 Å². The van der Waals surface area contributed by atoms with Crippen LogP contribution in [0.15, 0.2) is 0 Å². The Balaban J connectivity index is 4.07. The third-order valence-electron chi connectivity index (χ3n) is 1.89. The van der Waals surface area contributed by atoms with E-state index in [1.165, 1.54) is 6.92 Å². The molecule has 15 heavy (non-hydrogen) atoms. The fourth-order valence-electron chi connectivity index (χ4n) is 0.993. The van der Waals surface area contributed by atoms with Crippen molar-refractivity contribution >= 4 is 11.9 Å². The smallest absolute Gasteiger partial charge is 0.328 e. The summed E-state index contributed by atoms with van der Waals surface area (Å²) in [6.07, 6.45) is -0.478. The van der Waals surface area contributed by atoms with Crippen molar-refractivity contribution in [2.75, 3.05) is 0 Å². The predicted octanol–water partition coefficient (Wildman–Crippen LogP) is -0.936. The third kappa shape index (κ3) is 6.03. The van der Waals surface area contributed by atoms with Crippen molar-refractivity contribution in [2.24, 2.45) is 5.73 Å². The summed E-state index contributed by atoms with van der Waals surface area (Å²) < 4.78 is 0. The second-order valence-electron chi connectivity index (χ2n) is 3.64. The van der Waals surface area contributed by atoms with Gasteiger partial charge >= 0.3 is 5.97 Å². The molecule has 0 heterocycles. The maximum atomic E-state index is 11.2. The topological polar surface area (TPSA) is 113 Å². The quantitative estimate of drug-likeness (QED) is 0.460. The lowest BCUT2D eigenvalue weighted by Gasteiger charge is -2.17. The molecule has 0 saturated heterocycles. The molecular formula is C9H18N2O4. The van der Waals surface area contributed by atoms with Crippen molar-refractivity contribution in [1.82, 2.24) is 5.32 Å². The lowest BCUT2D eigenvalue weighted by atomic mass is 10.1. The number of hydrogen-bond acceptors (Lipinski definition) is 4. The first-order valence-corrected chi connectivity index (χ1v) is 4.80. The number of carboxylic acid groups (broad SMARTS) is 1. The van der Waals surface area contributed by atoms with Crippen molar-refractivity contribution in [3.63, 3.8) is 0 Å². The first kappa shape index (κ1) is 13.9. The van der Waals surface area contributed by atoms with Gasteiger partial charge in [0.05, 0.1) is 6.10 Å². The number of carboxylic acids is 1. The Labute approximate surface area is 88.5 Å². The number of hydrogen-bond donors (Lipinski definition) is 4. The van der Waals surface area contributed by atoms with E-state index in [4.69, 9.17) is 15.9 Å². The van der Waals surface area contributed by atoms with Crippen LogP contribution in [0.3, 0.4) is 0 Å². The maximum absolute atomic E-state index is 11.2. The van der Waals surface area contributed by atoms with Crippen LogP contribution in [0.25, 0.3) is 0 Å². The van der Waals surface area contributed by atoms with Gasteiger partial charge in [-0.1, -0.05) is 0 Å². The van der Waals surface area contributed by atoms with Crippen molar-refractivity contribution in [3.05, 3.63) is 0 Å². The van der Waals surface area contributed by atoms with Gasteiger partial charge in [0.25, 0.3) is 0 Å². The molecule has 0 saturated carbocycles. The van der Waals surface area contributed by atoms with E-state index in [-0.39, 0.29) is 12.5 Å². The molecule has 0 aliphatic heterocycles. The average molecular weight is 218 g/mol. The average Bonchev–Trinajstić information content (AvgIpc) is 2.09. The van der Waals surface area contributed by atoms with E-state index in [0.717, 1.165) is 0 Å². The van der Waals surface area contributed by atoms with E-state index >= 15 is 0 Å². The summed E-state index contributed by atoms with van der Waals surface area (Å²) in [6, 6.07) is -1.36. The number of rotatable bonds is 6. The molecule has 0 bridgehead atoms. The summed E-state index contributed by atoms with van der Waals surface area (Å²) in [4.78, 5) is 21.8. The zero-order valence-corrected chi connectivity index (χ0v) is 8.93. The highest BCUT2D eigenvalue weighted by Gasteiger charge is 2.24. The molecule has 0 spiro atoms. The highest BCUT2D eigenvalue weighted by Crippen LogP contribution is 1.97. The summed E-state index contributed by atoms with van der Waals surface area (Å²) >= 11 is 0. The monoisotopic (exact) mass is 218 g/mol. The Morgan fingerprint density at radius 2 is 1.93 bits per heavy atom. The number of aliphatic carboxylic acids is 1. The van der Waals surface area contributed by atoms with Crippen molar-refractivity contribution in [1.29, 1.82) is 0 Å². The van der Waals surface area contributed by atoms with Crippen LogP contribution >= 0.6 is 0 Å². The summed E-state index contributed by atoms with van der Waals surface area (Å²) in [5.41, 5.74) is 5.45. The number of carbonyl (C=O) groups excluding carboxylic acids is 1. The largest absolute Gasteiger partial charge is 0.480 e. The SMILES string of the molecule is CC(N)CCC(=O)N[C@H](C(=O)O)[C@@H](C)O. The zero-order valence-electron chi connectivity index (χ0n) is 8.93. The van der Waals surface area contributed by atoms with E-state index < -0.39 is 24.0 Å². The highest BCUT2D eigenvalue weighted by molar-refractivity contribution is 5.83. The van der Waals surface area contributed by atoms with Gasteiger partial charge in [0, 0.05) is 12.5 Å². The molecule has 0 rings (SSSR count). The van der Waals surface area contributed by atoms with E-state index in [9.17, 15) is 9.59 Å². The highest BCUT2D eigenvalue weighted by atomic mass is 16.4. The molecule has 0 aliphatic carbocycles. The summed E-state index contributed by atoms with van der Waals surface area (Å²) in [6.45, 7) is 3.07. The van der Waals surface area contributed by atoms with Crippen LogP contribution in [0.5, 0.6) is 0 Å². The predicted molar refractivity (Wildman–Crippen MR) is 54.1 cm³/mol. The van der Waals surface area contributed by atoms with Gasteiger partial charge in [0.15, 0.2) is 6.04 Å². The molecule has 1 unspecified atom stereocenters. The van der Waals surface area contributed by atoms with Gasteiger partial charge in [-0.25, -0.2) is 4.79 Å². The lowest BCUT2D eigenvalue weighted by Crippen LogP contribution is -2.47. The van der Waals surface area contributed by atoms with Crippen LogP contribution in [-0.4, -0.2) is 40.3 Å². The second-order valence-corrected chi connectivity index (χ2v) is 3.64. The standard InChI is InChI=1S/C9H18N2O4/c1-5(10)3-4-7(13)11-8(6(2)12)9(14)15/h5-6,8,12H,3-4,10H2,1-2H3,(H,11,13)(H,14,15)/t5?,6-,8+/m1/s1. The molecule has 0 aromatic heterocycles. The van der Waals surface area contributed by atoms with Crippen LogP contribution < -0.4 is 11.1 Å². The Hall–Kier alpha value is -1.14. The van der Waals surface area contributed by atoms with Gasteiger partial charge in [-0.2, -0.15) is 0 Å². The third-order valence-corrected chi connectivity index (χ3v) is 1.89. The van der Waals surface area contributed by atoms with Gasteiger partial charge < -0.3 is 21.3 Å². The van der Waals surface area contributed by atoms with Gasteiger partial charge in [0.1, 0.15) is 0 Å². The van der Waals surface area contributed by atoms with Gasteiger partial charge in [-0.3, -0.25) is 4.79 Å². The molecule has 3 atom stereocenters. The van der Waals surface area contributed by atoms with Crippen LogP contribution in [0, 0.1) is 0 Å². The maximum Gasteiger partial charge on any atom is 0.328 e. The van der Waals surface area contributed by atoms with Crippen molar-refractivity contribution < 1.29 is 19.8 Å². The van der Waals surface area contributed by atoms with E-state index in [0.29, 0.717) is 6.42 Å². The summed E-state index contributed by atoms with van der Waals surface area (Å²) in [5, 5.41) is 20.0. The molecular weight excluding hydrogens is 200 g/mol. The van der Waals surface area contributed by atoms with Crippen molar-refractivity contribution in [3.8, 4) is 0 Å². The van der Waals surface area contributed by atoms with E-state index in [1.54, 1.807) is 6.92 Å². The van der Waals surface area contributed by atoms with Gasteiger partial charge in [0.2, 0.25) is 5.91 Å². The van der Waals surface area contributed by atoms with Crippen LogP contribution in [-0.2, 0) is 9.59 Å². The molecule has 1 amide bonds. The molecule has 0 aliphatic rings. The Morgan fingerprint density at radius 3 is 2.27 bits per heavy atom. The number of aliphatic hydroxyl groups is 1. The van der Waals surface area contributed by atoms with Crippen LogP contribution in [0.4, 0.5) is 0 Å². The van der Waals surface area contributed by atoms with Crippen molar-refractivity contribution in [2.45, 2.75) is 44.9 Å². The molecule has 6 heteroatoms. The fourth-order valence-corrected chi connectivity index (χ4v) is 0.993. The van der Waals surface area contributed by atoms with Crippen LogP contribution in [0.1, 0.15) is 26.7 Å². The molecule has 6 nitrogen and oxygen atoms in total. The minimum absolute atomic E-state index is 0.106. The summed E-state index contributed by atoms with van der Waals surface area (Å²) in [5.74, 6) is -1.67. The normalized spacial score (nSPS) is 16.5. The molecule has 0 radical (unpaired) electrons. The zero-order chi connectivity index (χ0) is 12.0. The molecule has 0 aromatic carbocycles. The Bertz CT molecular complexity index is 228. The van der Waals surface area contributed by atoms with E-state index in [2.05, 4.69) is 5.32 Å². The number of aliphatic hydroxyl groups excluding tert-OH is 1. The second kappa shape index (κ2) is 6.36. The minimum Gasteiger partial charge on any atom is -0.480 e. The minimum atomic E-state index is -1.26. The van der Waals surface area contributed by atoms with Gasteiger partial charge in [-0.15, -0.1) is 0 Å². The number of nitrogens with two attached hydrogens (primary N) is 1. The first-order valence-electron chi connectivity index (χ1n) is 4.80. The van der Waals surface area contributed by atoms with Gasteiger partial charge in [-0.05, 0) is 20.3 Å². The van der Waals surface area contributed by atoms with E-state index in [1.807, 2.05) is 0 Å². The Kier molecular flexibility index (Phi) is 5.88. The lowest BCUT2D eigenvalue weighted by molar-refractivity contribution is -0.144. The molecule has 88 valence electrons. The fraction of sp³-hybridized carbons (Fsp3) is 0.778. The number of carbonyl (C=O) groups is 2. The Morgan fingerprint density at radius 1 is 1.40 bits per heavy atom.